The van der Waals surface area contributed by atoms with Crippen LogP contribution in [-0.2, 0) is 37.8 Å². The van der Waals surface area contributed by atoms with Crippen molar-refractivity contribution >= 4 is 34.6 Å². The number of ether oxygens (including phenoxy) is 5. The molecule has 0 saturated carbocycles. The van der Waals surface area contributed by atoms with Crippen molar-refractivity contribution < 1.29 is 23.7 Å². The van der Waals surface area contributed by atoms with Crippen molar-refractivity contribution in [3.05, 3.63) is 118 Å². The zero-order chi connectivity index (χ0) is 36.8. The van der Waals surface area contributed by atoms with Crippen molar-refractivity contribution in [3.8, 4) is 11.4 Å². The molecule has 15 heteroatoms. The molecule has 0 spiro atoms. The molecule has 0 unspecified atom stereocenters. The number of aromatic nitrogens is 5. The Bertz CT molecular complexity index is 1980. The Kier molecular flexibility index (Phi) is 11.7. The normalized spacial score (nSPS) is 19.0. The van der Waals surface area contributed by atoms with Gasteiger partial charge in [-0.2, -0.15) is 5.10 Å². The van der Waals surface area contributed by atoms with E-state index in [0.29, 0.717) is 48.6 Å². The molecule has 7 rings (SSSR count). The molecule has 2 atom stereocenters. The molecule has 0 radical (unpaired) electrons. The number of nitrogens with zero attached hydrogens (tertiary/aromatic N) is 7. The maximum Gasteiger partial charge on any atom is 0.350 e. The van der Waals surface area contributed by atoms with E-state index in [0.717, 1.165) is 49.0 Å². The van der Waals surface area contributed by atoms with Crippen LogP contribution >= 0.6 is 23.2 Å². The van der Waals surface area contributed by atoms with Crippen LogP contribution < -0.4 is 20.2 Å². The third kappa shape index (κ3) is 8.56. The minimum Gasteiger partial charge on any atom is -0.491 e. The first-order valence-corrected chi connectivity index (χ1v) is 18.5. The Balaban J connectivity index is 0.908. The number of anilines is 2. The molecule has 2 saturated heterocycles. The minimum atomic E-state index is -1.10. The second-order valence-electron chi connectivity index (χ2n) is 12.8. The Morgan fingerprint density at radius 2 is 1.55 bits per heavy atom. The van der Waals surface area contributed by atoms with Crippen LogP contribution in [0.1, 0.15) is 19.4 Å². The third-order valence-electron chi connectivity index (χ3n) is 9.32. The zero-order valence-electron chi connectivity index (χ0n) is 29.7. The van der Waals surface area contributed by atoms with Crippen molar-refractivity contribution in [1.82, 2.24) is 23.9 Å². The van der Waals surface area contributed by atoms with E-state index < -0.39 is 12.1 Å². The summed E-state index contributed by atoms with van der Waals surface area (Å²) < 4.78 is 34.9. The van der Waals surface area contributed by atoms with Crippen LogP contribution in [0.15, 0.2) is 96.6 Å². The van der Waals surface area contributed by atoms with Gasteiger partial charge in [-0.25, -0.2) is 19.0 Å². The molecule has 2 aliphatic heterocycles. The lowest BCUT2D eigenvalue weighted by atomic mass is 10.1. The molecule has 13 nitrogen and oxygen atoms in total. The van der Waals surface area contributed by atoms with Gasteiger partial charge in [-0.15, -0.1) is 0 Å². The first-order valence-electron chi connectivity index (χ1n) is 17.8. The fourth-order valence-electron chi connectivity index (χ4n) is 6.67. The van der Waals surface area contributed by atoms with Crippen LogP contribution in [0.25, 0.3) is 5.69 Å². The van der Waals surface area contributed by atoms with E-state index in [-0.39, 0.29) is 18.3 Å². The van der Waals surface area contributed by atoms with Crippen LogP contribution in [0.2, 0.25) is 10.0 Å². The lowest BCUT2D eigenvalue weighted by Crippen LogP contribution is -2.46. The fraction of sp³-hybridized carbons (Fsp3) is 0.395. The molecule has 0 N–H and O–H groups in total. The van der Waals surface area contributed by atoms with Crippen molar-refractivity contribution in [2.45, 2.75) is 45.1 Å². The second-order valence-corrected chi connectivity index (χ2v) is 13.6. The van der Waals surface area contributed by atoms with Gasteiger partial charge in [0, 0.05) is 73.7 Å². The van der Waals surface area contributed by atoms with E-state index in [1.165, 1.54) is 15.6 Å². The summed E-state index contributed by atoms with van der Waals surface area (Å²) in [7, 11) is 0. The number of benzene rings is 3. The Morgan fingerprint density at radius 1 is 0.887 bits per heavy atom. The molecular formula is C38H43Cl2N7O6. The molecule has 2 aliphatic rings. The largest absolute Gasteiger partial charge is 0.491 e. The van der Waals surface area contributed by atoms with Crippen molar-refractivity contribution in [1.29, 1.82) is 0 Å². The Hall–Kier alpha value is -4.37. The van der Waals surface area contributed by atoms with Crippen LogP contribution in [-0.4, -0.2) is 88.9 Å². The quantitative estimate of drug-likeness (QED) is 0.125. The van der Waals surface area contributed by atoms with Crippen LogP contribution in [0.3, 0.4) is 0 Å². The zero-order valence-corrected chi connectivity index (χ0v) is 31.2. The molecule has 0 bridgehead atoms. The summed E-state index contributed by atoms with van der Waals surface area (Å²) in [6.07, 6.45) is 5.98. The maximum atomic E-state index is 13.0. The van der Waals surface area contributed by atoms with Gasteiger partial charge in [-0.1, -0.05) is 29.3 Å². The summed E-state index contributed by atoms with van der Waals surface area (Å²) in [5, 5.41) is 5.28. The molecule has 2 aromatic heterocycles. The number of imidazole rings is 1. The van der Waals surface area contributed by atoms with Crippen LogP contribution in [0.4, 0.5) is 11.4 Å². The standard InChI is InChI=1S/C38H43Cl2N7O6/c1-3-49-36(50-4-2)22-47-37(48)46(27-42-47)31-8-6-29(7-9-31)44-17-19-45(20-18-44)30-10-12-32(13-11-30)51-23-33-24-52-38(53-33,25-43-16-15-41-26-43)34-14-5-28(39)21-35(34)40/h5-16,21,26-27,33,36H,3-4,17-20,22-25H2,1-2H3/t33-,38-/m1/s1. The van der Waals surface area contributed by atoms with Gasteiger partial charge < -0.3 is 38.1 Å². The van der Waals surface area contributed by atoms with Crippen molar-refractivity contribution in [2.24, 2.45) is 0 Å². The fourth-order valence-corrected chi connectivity index (χ4v) is 7.22. The first-order chi connectivity index (χ1) is 25.8. The number of hydrogen-bond acceptors (Lipinski definition) is 10. The Labute approximate surface area is 318 Å². The average molecular weight is 765 g/mol. The van der Waals surface area contributed by atoms with Gasteiger partial charge in [-0.3, -0.25) is 0 Å². The molecule has 2 fully saturated rings. The highest BCUT2D eigenvalue weighted by Gasteiger charge is 2.45. The van der Waals surface area contributed by atoms with Gasteiger partial charge in [-0.05, 0) is 74.5 Å². The topological polar surface area (TPSA) is 110 Å². The second kappa shape index (κ2) is 16.8. The summed E-state index contributed by atoms with van der Waals surface area (Å²) in [5.41, 5.74) is 3.46. The third-order valence-corrected chi connectivity index (χ3v) is 9.87. The number of hydrogen-bond donors (Lipinski definition) is 0. The predicted octanol–water partition coefficient (Wildman–Crippen LogP) is 5.61. The summed E-state index contributed by atoms with van der Waals surface area (Å²) in [6.45, 7) is 9.49. The van der Waals surface area contributed by atoms with E-state index in [1.807, 2.05) is 54.9 Å². The Morgan fingerprint density at radius 3 is 2.17 bits per heavy atom. The minimum absolute atomic E-state index is 0.229. The maximum absolute atomic E-state index is 13.0. The van der Waals surface area contributed by atoms with E-state index in [1.54, 1.807) is 24.7 Å². The molecule has 0 amide bonds. The van der Waals surface area contributed by atoms with E-state index >= 15 is 0 Å². The SMILES string of the molecule is CCOC(Cn1ncn(-c2ccc(N3CCN(c4ccc(OC[C@@H]5CO[C@@](Cn6ccnc6)(c6ccc(Cl)cc6Cl)O5)cc4)CC3)cc2)c1=O)OCC. The first kappa shape index (κ1) is 37.0. The van der Waals surface area contributed by atoms with E-state index in [9.17, 15) is 4.79 Å². The van der Waals surface area contributed by atoms with Crippen LogP contribution in [0, 0.1) is 0 Å². The predicted molar refractivity (Wildman–Crippen MR) is 202 cm³/mol. The van der Waals surface area contributed by atoms with Gasteiger partial charge in [0.15, 0.2) is 6.29 Å². The molecule has 0 aliphatic carbocycles. The van der Waals surface area contributed by atoms with Crippen molar-refractivity contribution in [3.63, 3.8) is 0 Å². The summed E-state index contributed by atoms with van der Waals surface area (Å²) in [5.74, 6) is -0.354. The molecule has 3 aromatic carbocycles. The molecule has 4 heterocycles. The highest BCUT2D eigenvalue weighted by molar-refractivity contribution is 6.35. The lowest BCUT2D eigenvalue weighted by Gasteiger charge is -2.37. The number of piperazine rings is 1. The summed E-state index contributed by atoms with van der Waals surface area (Å²) >= 11 is 12.8. The molecule has 280 valence electrons. The lowest BCUT2D eigenvalue weighted by molar-refractivity contribution is -0.189. The molecule has 53 heavy (non-hydrogen) atoms. The van der Waals surface area contributed by atoms with E-state index in [2.05, 4.69) is 44.1 Å². The summed E-state index contributed by atoms with van der Waals surface area (Å²) in [4.78, 5) is 21.9. The highest BCUT2D eigenvalue weighted by Crippen LogP contribution is 2.40. The number of rotatable bonds is 15. The average Bonchev–Trinajstić information content (AvgIpc) is 3.93. The highest BCUT2D eigenvalue weighted by atomic mass is 35.5. The van der Waals surface area contributed by atoms with Crippen LogP contribution in [0.5, 0.6) is 5.75 Å². The smallest absolute Gasteiger partial charge is 0.350 e. The molecule has 5 aromatic rings. The van der Waals surface area contributed by atoms with Gasteiger partial charge in [0.2, 0.25) is 5.79 Å². The van der Waals surface area contributed by atoms with Gasteiger partial charge in [0.05, 0.1) is 36.7 Å². The van der Waals surface area contributed by atoms with Crippen molar-refractivity contribution in [2.75, 3.05) is 62.4 Å². The van der Waals surface area contributed by atoms with E-state index in [4.69, 9.17) is 46.9 Å². The summed E-state index contributed by atoms with van der Waals surface area (Å²) in [6, 6.07) is 21.5. The van der Waals surface area contributed by atoms with Gasteiger partial charge in [0.1, 0.15) is 24.8 Å². The molecular weight excluding hydrogens is 721 g/mol. The van der Waals surface area contributed by atoms with Gasteiger partial charge >= 0.3 is 5.69 Å². The monoisotopic (exact) mass is 763 g/mol. The number of halogens is 2. The van der Waals surface area contributed by atoms with Gasteiger partial charge in [0.25, 0.3) is 0 Å².